The molecule has 0 spiro atoms. The van der Waals surface area contributed by atoms with Gasteiger partial charge >= 0.3 is 197 Å². The van der Waals surface area contributed by atoms with Crippen LogP contribution in [-0.2, 0) is 6.42 Å². The zero-order chi connectivity index (χ0) is 22.8. The summed E-state index contributed by atoms with van der Waals surface area (Å²) in [5, 5.41) is 0. The first-order valence-corrected chi connectivity index (χ1v) is 12.4. The predicted octanol–water partition coefficient (Wildman–Crippen LogP) is 4.27. The van der Waals surface area contributed by atoms with Crippen LogP contribution in [0.15, 0.2) is 84.9 Å². The van der Waals surface area contributed by atoms with Crippen molar-refractivity contribution in [2.75, 3.05) is 11.4 Å². The zero-order valence-corrected chi connectivity index (χ0v) is 19.4. The van der Waals surface area contributed by atoms with Crippen molar-refractivity contribution in [3.63, 3.8) is 0 Å². The molecule has 0 bridgehead atoms. The van der Waals surface area contributed by atoms with Crippen molar-refractivity contribution in [2.24, 2.45) is 0 Å². The molecule has 0 saturated carbocycles. The summed E-state index contributed by atoms with van der Waals surface area (Å²) in [5.41, 5.74) is 2.85. The normalized spacial score (nSPS) is 13.0. The molecular formula is C27H20F2N2OSe. The summed E-state index contributed by atoms with van der Waals surface area (Å²) in [4.78, 5) is 19.9. The molecule has 0 radical (unpaired) electrons. The van der Waals surface area contributed by atoms with Crippen molar-refractivity contribution in [3.05, 3.63) is 108 Å². The van der Waals surface area contributed by atoms with Gasteiger partial charge in [0.1, 0.15) is 0 Å². The first-order valence-electron chi connectivity index (χ1n) is 10.7. The van der Waals surface area contributed by atoms with Gasteiger partial charge in [0.15, 0.2) is 0 Å². The van der Waals surface area contributed by atoms with Crippen LogP contribution in [0.2, 0.25) is 0 Å². The summed E-state index contributed by atoms with van der Waals surface area (Å²) in [5.74, 6) is -0.425. The molecule has 1 aliphatic rings. The number of hydrogen-bond donors (Lipinski definition) is 0. The number of halogens is 2. The van der Waals surface area contributed by atoms with E-state index in [0.29, 0.717) is 17.9 Å². The van der Waals surface area contributed by atoms with Crippen LogP contribution in [-0.4, -0.2) is 32.4 Å². The second-order valence-electron chi connectivity index (χ2n) is 7.81. The Morgan fingerprint density at radius 3 is 2.42 bits per heavy atom. The summed E-state index contributed by atoms with van der Waals surface area (Å²) >= 11 is -0.0120. The predicted molar refractivity (Wildman–Crippen MR) is 127 cm³/mol. The van der Waals surface area contributed by atoms with E-state index >= 15 is 0 Å². The topological polar surface area (TPSA) is 33.2 Å². The van der Waals surface area contributed by atoms with Gasteiger partial charge < -0.3 is 0 Å². The SMILES string of the molecule is O=C(c1cccc(F)c1)N1CCCc2cc([Se]c3ccccc3)c(-c3ccc(F)cc3)nc21. The third-order valence-corrected chi connectivity index (χ3v) is 7.71. The summed E-state index contributed by atoms with van der Waals surface area (Å²) in [6.07, 6.45) is 1.63. The van der Waals surface area contributed by atoms with Crippen LogP contribution >= 0.6 is 0 Å². The maximum atomic E-state index is 13.8. The Kier molecular flexibility index (Phi) is 6.03. The van der Waals surface area contributed by atoms with Crippen LogP contribution in [0.1, 0.15) is 22.3 Å². The van der Waals surface area contributed by atoms with Gasteiger partial charge in [-0.3, -0.25) is 0 Å². The number of aromatic nitrogens is 1. The first kappa shape index (κ1) is 21.5. The van der Waals surface area contributed by atoms with Crippen molar-refractivity contribution >= 4 is 35.6 Å². The van der Waals surface area contributed by atoms with E-state index in [-0.39, 0.29) is 26.7 Å². The fraction of sp³-hybridized carbons (Fsp3) is 0.111. The second kappa shape index (κ2) is 9.26. The molecule has 2 heterocycles. The van der Waals surface area contributed by atoms with Gasteiger partial charge in [-0.2, -0.15) is 0 Å². The van der Waals surface area contributed by atoms with Gasteiger partial charge in [0.05, 0.1) is 0 Å². The van der Waals surface area contributed by atoms with Crippen LogP contribution in [0.5, 0.6) is 0 Å². The van der Waals surface area contributed by atoms with Crippen LogP contribution in [0, 0.1) is 11.6 Å². The van der Waals surface area contributed by atoms with E-state index in [9.17, 15) is 13.6 Å². The molecule has 1 aromatic heterocycles. The number of hydrogen-bond acceptors (Lipinski definition) is 2. The Bertz CT molecular complexity index is 1310. The Labute approximate surface area is 197 Å². The van der Waals surface area contributed by atoms with E-state index < -0.39 is 5.82 Å². The number of anilines is 1. The number of rotatable bonds is 4. The molecule has 0 fully saturated rings. The molecule has 0 atom stereocenters. The third kappa shape index (κ3) is 4.58. The van der Waals surface area contributed by atoms with Crippen molar-refractivity contribution < 1.29 is 13.6 Å². The number of nitrogens with zero attached hydrogens (tertiary/aromatic N) is 2. The summed E-state index contributed by atoms with van der Waals surface area (Å²) in [6.45, 7) is 0.515. The van der Waals surface area contributed by atoms with Gasteiger partial charge in [-0.25, -0.2) is 0 Å². The van der Waals surface area contributed by atoms with E-state index in [1.165, 1.54) is 34.8 Å². The second-order valence-corrected chi connectivity index (χ2v) is 10.2. The number of amides is 1. The quantitative estimate of drug-likeness (QED) is 0.388. The van der Waals surface area contributed by atoms with Gasteiger partial charge in [0.25, 0.3) is 0 Å². The summed E-state index contributed by atoms with van der Waals surface area (Å²) < 4.78 is 29.7. The fourth-order valence-electron chi connectivity index (χ4n) is 3.96. The van der Waals surface area contributed by atoms with E-state index in [1.54, 1.807) is 23.1 Å². The maximum absolute atomic E-state index is 13.8. The number of carbonyl (C=O) groups excluding carboxylic acids is 1. The Morgan fingerprint density at radius 1 is 0.879 bits per heavy atom. The molecule has 0 aliphatic carbocycles. The minimum absolute atomic E-state index is 0.0120. The molecule has 1 aliphatic heterocycles. The van der Waals surface area contributed by atoms with Crippen LogP contribution in [0.4, 0.5) is 14.6 Å². The van der Waals surface area contributed by atoms with Crippen LogP contribution in [0.25, 0.3) is 11.3 Å². The van der Waals surface area contributed by atoms with Gasteiger partial charge in [-0.15, -0.1) is 0 Å². The van der Waals surface area contributed by atoms with Gasteiger partial charge in [0.2, 0.25) is 0 Å². The van der Waals surface area contributed by atoms with Crippen molar-refractivity contribution in [3.8, 4) is 11.3 Å². The Hall–Kier alpha value is -3.34. The van der Waals surface area contributed by atoms with E-state index in [0.717, 1.165) is 34.1 Å². The molecule has 3 nitrogen and oxygen atoms in total. The number of benzene rings is 3. The average Bonchev–Trinajstić information content (AvgIpc) is 2.84. The van der Waals surface area contributed by atoms with E-state index in [2.05, 4.69) is 18.2 Å². The first-order chi connectivity index (χ1) is 16.1. The van der Waals surface area contributed by atoms with Crippen molar-refractivity contribution in [2.45, 2.75) is 12.8 Å². The van der Waals surface area contributed by atoms with Gasteiger partial charge in [-0.1, -0.05) is 0 Å². The molecule has 0 N–H and O–H groups in total. The Balaban J connectivity index is 1.61. The third-order valence-electron chi connectivity index (χ3n) is 5.53. The molecule has 5 rings (SSSR count). The molecule has 1 amide bonds. The average molecular weight is 505 g/mol. The summed E-state index contributed by atoms with van der Waals surface area (Å²) in [7, 11) is 0. The minimum atomic E-state index is -0.445. The number of carbonyl (C=O) groups is 1. The molecule has 6 heteroatoms. The number of pyridine rings is 1. The van der Waals surface area contributed by atoms with E-state index in [4.69, 9.17) is 4.98 Å². The van der Waals surface area contributed by atoms with Crippen molar-refractivity contribution in [1.82, 2.24) is 4.98 Å². The molecule has 33 heavy (non-hydrogen) atoms. The zero-order valence-electron chi connectivity index (χ0n) is 17.7. The summed E-state index contributed by atoms with van der Waals surface area (Å²) in [6, 6.07) is 24.3. The molecule has 4 aromatic rings. The van der Waals surface area contributed by atoms with Crippen LogP contribution < -0.4 is 13.8 Å². The molecule has 164 valence electrons. The van der Waals surface area contributed by atoms with Crippen molar-refractivity contribution in [1.29, 1.82) is 0 Å². The van der Waals surface area contributed by atoms with Gasteiger partial charge in [0, 0.05) is 0 Å². The van der Waals surface area contributed by atoms with Crippen LogP contribution in [0.3, 0.4) is 0 Å². The van der Waals surface area contributed by atoms with Gasteiger partial charge in [-0.05, 0) is 0 Å². The molecule has 0 saturated heterocycles. The molecule has 3 aromatic carbocycles. The Morgan fingerprint density at radius 2 is 1.67 bits per heavy atom. The number of aryl methyl sites for hydroxylation is 1. The standard InChI is InChI=1S/C27H20F2N2OSe/c28-21-13-11-18(12-14-21)25-24(33-23-9-2-1-3-10-23)17-19-7-5-15-31(26(19)30-25)27(32)20-6-4-8-22(29)16-20/h1-4,6,8-14,16-17H,5,7,15H2. The molecule has 0 unspecified atom stereocenters. The fourth-order valence-corrected chi connectivity index (χ4v) is 6.07. The van der Waals surface area contributed by atoms with E-state index in [1.807, 2.05) is 18.2 Å². The number of fused-ring (bicyclic) bond motifs is 1. The monoisotopic (exact) mass is 506 g/mol. The molecular weight excluding hydrogens is 485 g/mol.